The van der Waals surface area contributed by atoms with E-state index in [-0.39, 0.29) is 18.3 Å². The van der Waals surface area contributed by atoms with Gasteiger partial charge in [0.2, 0.25) is 0 Å². The van der Waals surface area contributed by atoms with E-state index in [4.69, 9.17) is 5.73 Å². The minimum Gasteiger partial charge on any atom is -0.481 e. The van der Waals surface area contributed by atoms with Crippen molar-refractivity contribution in [2.24, 2.45) is 5.73 Å². The van der Waals surface area contributed by atoms with Gasteiger partial charge in [-0.2, -0.15) is 0 Å². The Hall–Kier alpha value is -1.84. The van der Waals surface area contributed by atoms with Crippen LogP contribution in [0, 0.1) is 6.92 Å². The molecule has 0 spiro atoms. The highest BCUT2D eigenvalue weighted by molar-refractivity contribution is 5.85. The molecular formula is C17H20ClNO2. The van der Waals surface area contributed by atoms with Crippen LogP contribution in [0.5, 0.6) is 0 Å². The zero-order valence-electron chi connectivity index (χ0n) is 11.9. The van der Waals surface area contributed by atoms with Crippen molar-refractivity contribution in [3.8, 4) is 0 Å². The summed E-state index contributed by atoms with van der Waals surface area (Å²) in [4.78, 5) is 11.7. The molecule has 2 atom stereocenters. The number of aliphatic carboxylic acids is 1. The van der Waals surface area contributed by atoms with E-state index in [0.717, 1.165) is 16.7 Å². The first-order valence-electron chi connectivity index (χ1n) is 6.68. The minimum atomic E-state index is -0.841. The van der Waals surface area contributed by atoms with Gasteiger partial charge in [-0.3, -0.25) is 4.79 Å². The zero-order chi connectivity index (χ0) is 14.5. The highest BCUT2D eigenvalue weighted by Crippen LogP contribution is 2.32. The highest BCUT2D eigenvalue weighted by atomic mass is 35.5. The van der Waals surface area contributed by atoms with Gasteiger partial charge in [-0.1, -0.05) is 60.2 Å². The summed E-state index contributed by atoms with van der Waals surface area (Å²) in [5.41, 5.74) is 8.76. The monoisotopic (exact) mass is 305 g/mol. The van der Waals surface area contributed by atoms with Crippen LogP contribution in [0.3, 0.4) is 0 Å². The van der Waals surface area contributed by atoms with Crippen LogP contribution < -0.4 is 5.73 Å². The lowest BCUT2D eigenvalue weighted by Gasteiger charge is -2.23. The lowest BCUT2D eigenvalue weighted by molar-refractivity contribution is -0.139. The predicted molar refractivity (Wildman–Crippen MR) is 87.0 cm³/mol. The zero-order valence-corrected chi connectivity index (χ0v) is 12.7. The molecule has 21 heavy (non-hydrogen) atoms. The van der Waals surface area contributed by atoms with Crippen molar-refractivity contribution in [2.75, 3.05) is 6.54 Å². The lowest BCUT2D eigenvalue weighted by atomic mass is 9.81. The summed E-state index contributed by atoms with van der Waals surface area (Å²) in [6.07, 6.45) is 0. The molecule has 0 radical (unpaired) electrons. The van der Waals surface area contributed by atoms with Gasteiger partial charge in [-0.05, 0) is 18.1 Å². The molecule has 2 rings (SSSR count). The molecule has 2 unspecified atom stereocenters. The van der Waals surface area contributed by atoms with E-state index in [9.17, 15) is 9.90 Å². The Morgan fingerprint density at radius 2 is 1.62 bits per heavy atom. The Labute approximate surface area is 131 Å². The van der Waals surface area contributed by atoms with Crippen LogP contribution in [0.1, 0.15) is 28.5 Å². The standard InChI is InChI=1S/C17H19NO2.ClH/c1-12-7-9-13(10-8-12)15(11-18)16(17(19)20)14-5-3-2-4-6-14;/h2-10,15-16H,11,18H2,1H3,(H,19,20);1H. The number of halogens is 1. The number of carboxylic acids is 1. The molecule has 3 N–H and O–H groups in total. The Morgan fingerprint density at radius 1 is 1.05 bits per heavy atom. The van der Waals surface area contributed by atoms with Crippen LogP contribution in [0.4, 0.5) is 0 Å². The molecule has 0 bridgehead atoms. The van der Waals surface area contributed by atoms with Crippen molar-refractivity contribution in [1.29, 1.82) is 0 Å². The molecule has 2 aromatic carbocycles. The average Bonchev–Trinajstić information content (AvgIpc) is 2.46. The molecule has 0 saturated heterocycles. The van der Waals surface area contributed by atoms with Crippen LogP contribution in [-0.2, 0) is 4.79 Å². The van der Waals surface area contributed by atoms with Gasteiger partial charge in [-0.15, -0.1) is 12.4 Å². The third-order valence-corrected chi connectivity index (χ3v) is 3.59. The fourth-order valence-corrected chi connectivity index (χ4v) is 2.49. The van der Waals surface area contributed by atoms with Crippen molar-refractivity contribution in [2.45, 2.75) is 18.8 Å². The Kier molecular flexibility index (Phi) is 6.40. The smallest absolute Gasteiger partial charge is 0.311 e. The molecule has 0 amide bonds. The molecule has 4 heteroatoms. The van der Waals surface area contributed by atoms with E-state index in [2.05, 4.69) is 0 Å². The van der Waals surface area contributed by atoms with Crippen molar-refractivity contribution in [3.05, 3.63) is 71.3 Å². The Balaban J connectivity index is 0.00000220. The van der Waals surface area contributed by atoms with Crippen LogP contribution in [-0.4, -0.2) is 17.6 Å². The molecule has 0 aliphatic rings. The van der Waals surface area contributed by atoms with E-state index >= 15 is 0 Å². The van der Waals surface area contributed by atoms with E-state index in [0.29, 0.717) is 6.54 Å². The third-order valence-electron chi connectivity index (χ3n) is 3.59. The second kappa shape index (κ2) is 7.81. The molecule has 0 aromatic heterocycles. The fourth-order valence-electron chi connectivity index (χ4n) is 2.49. The number of hydrogen-bond acceptors (Lipinski definition) is 2. The highest BCUT2D eigenvalue weighted by Gasteiger charge is 2.29. The molecule has 112 valence electrons. The second-order valence-corrected chi connectivity index (χ2v) is 4.98. The summed E-state index contributed by atoms with van der Waals surface area (Å²) in [5, 5.41) is 9.59. The quantitative estimate of drug-likeness (QED) is 0.890. The second-order valence-electron chi connectivity index (χ2n) is 4.98. The summed E-state index contributed by atoms with van der Waals surface area (Å²) >= 11 is 0. The van der Waals surface area contributed by atoms with Gasteiger partial charge in [0.25, 0.3) is 0 Å². The van der Waals surface area contributed by atoms with Crippen LogP contribution in [0.2, 0.25) is 0 Å². The molecule has 0 heterocycles. The van der Waals surface area contributed by atoms with Crippen molar-refractivity contribution in [1.82, 2.24) is 0 Å². The normalized spacial score (nSPS) is 13.0. The number of hydrogen-bond donors (Lipinski definition) is 2. The molecule has 0 fully saturated rings. The maximum Gasteiger partial charge on any atom is 0.311 e. The lowest BCUT2D eigenvalue weighted by Crippen LogP contribution is -2.26. The predicted octanol–water partition coefficient (Wildman–Crippen LogP) is 3.33. The Morgan fingerprint density at radius 3 is 2.10 bits per heavy atom. The van der Waals surface area contributed by atoms with Gasteiger partial charge in [-0.25, -0.2) is 0 Å². The fraction of sp³-hybridized carbons (Fsp3) is 0.235. The van der Waals surface area contributed by atoms with Crippen molar-refractivity contribution >= 4 is 18.4 Å². The topological polar surface area (TPSA) is 63.3 Å². The summed E-state index contributed by atoms with van der Waals surface area (Å²) in [6, 6.07) is 17.2. The van der Waals surface area contributed by atoms with Gasteiger partial charge in [0.05, 0.1) is 5.92 Å². The summed E-state index contributed by atoms with van der Waals surface area (Å²) in [5.74, 6) is -1.69. The molecule has 0 aliphatic heterocycles. The molecule has 0 saturated carbocycles. The van der Waals surface area contributed by atoms with Gasteiger partial charge in [0.1, 0.15) is 0 Å². The first kappa shape index (κ1) is 17.2. The van der Waals surface area contributed by atoms with Gasteiger partial charge < -0.3 is 10.8 Å². The number of rotatable bonds is 5. The van der Waals surface area contributed by atoms with Crippen molar-refractivity contribution < 1.29 is 9.90 Å². The number of benzene rings is 2. The molecule has 0 aliphatic carbocycles. The summed E-state index contributed by atoms with van der Waals surface area (Å²) < 4.78 is 0. The first-order chi connectivity index (χ1) is 9.63. The number of aryl methyl sites for hydroxylation is 1. The summed E-state index contributed by atoms with van der Waals surface area (Å²) in [7, 11) is 0. The summed E-state index contributed by atoms with van der Waals surface area (Å²) in [6.45, 7) is 2.31. The van der Waals surface area contributed by atoms with E-state index in [1.165, 1.54) is 0 Å². The van der Waals surface area contributed by atoms with E-state index < -0.39 is 11.9 Å². The van der Waals surface area contributed by atoms with Gasteiger partial charge >= 0.3 is 5.97 Å². The maximum atomic E-state index is 11.7. The first-order valence-corrected chi connectivity index (χ1v) is 6.68. The van der Waals surface area contributed by atoms with Crippen molar-refractivity contribution in [3.63, 3.8) is 0 Å². The van der Waals surface area contributed by atoms with Gasteiger partial charge in [0, 0.05) is 12.5 Å². The minimum absolute atomic E-state index is 0. The van der Waals surface area contributed by atoms with Gasteiger partial charge in [0.15, 0.2) is 0 Å². The van der Waals surface area contributed by atoms with Crippen LogP contribution in [0.25, 0.3) is 0 Å². The van der Waals surface area contributed by atoms with E-state index in [1.807, 2.05) is 61.5 Å². The Bertz CT molecular complexity index is 569. The third kappa shape index (κ3) is 4.06. The SMILES string of the molecule is Cc1ccc(C(CN)C(C(=O)O)c2ccccc2)cc1.Cl. The largest absolute Gasteiger partial charge is 0.481 e. The van der Waals surface area contributed by atoms with E-state index in [1.54, 1.807) is 0 Å². The average molecular weight is 306 g/mol. The van der Waals surface area contributed by atoms with Crippen LogP contribution in [0.15, 0.2) is 54.6 Å². The number of nitrogens with two attached hydrogens (primary N) is 1. The molecule has 3 nitrogen and oxygen atoms in total. The number of carboxylic acid groups (broad SMARTS) is 1. The maximum absolute atomic E-state index is 11.7. The molecule has 2 aromatic rings. The number of carbonyl (C=O) groups is 1. The molecular weight excluding hydrogens is 286 g/mol. The van der Waals surface area contributed by atoms with Crippen LogP contribution >= 0.6 is 12.4 Å².